The van der Waals surface area contributed by atoms with Crippen LogP contribution in [0.15, 0.2) is 95.5 Å². The largest absolute Gasteiger partial charge is 0.595 e. The number of piperazine rings is 1. The minimum absolute atomic E-state index is 0.0329. The van der Waals surface area contributed by atoms with Gasteiger partial charge in [-0.3, -0.25) is 9.69 Å². The molecule has 1 aliphatic carbocycles. The van der Waals surface area contributed by atoms with E-state index in [1.54, 1.807) is 30.5 Å². The number of nitrogens with one attached hydrogen (secondary N) is 4. The fourth-order valence-corrected chi connectivity index (χ4v) is 9.54. The van der Waals surface area contributed by atoms with Crippen LogP contribution in [0.25, 0.3) is 16.6 Å². The second kappa shape index (κ2) is 18.2. The molecule has 3 aliphatic rings. The summed E-state index contributed by atoms with van der Waals surface area (Å²) in [5.74, 6) is -0.305. The maximum Gasteiger partial charge on any atom is 0.268 e. The summed E-state index contributed by atoms with van der Waals surface area (Å²) >= 11 is 6.24. The first-order chi connectivity index (χ1) is 29.3. The molecule has 0 spiro atoms. The lowest BCUT2D eigenvalue weighted by atomic mass is 9.72. The topological polar surface area (TPSA) is 177 Å². The quantitative estimate of drug-likeness (QED) is 0.0760. The highest BCUT2D eigenvalue weighted by Crippen LogP contribution is 2.43. The first-order valence-corrected chi connectivity index (χ1v) is 22.6. The van der Waals surface area contributed by atoms with Crippen molar-refractivity contribution in [2.45, 2.75) is 50.8 Å². The van der Waals surface area contributed by atoms with Gasteiger partial charge in [-0.25, -0.2) is 18.3 Å². The van der Waals surface area contributed by atoms with E-state index in [-0.39, 0.29) is 33.2 Å². The van der Waals surface area contributed by atoms with E-state index >= 15 is 0 Å². The van der Waals surface area contributed by atoms with E-state index in [1.165, 1.54) is 28.8 Å². The Kier molecular flexibility index (Phi) is 12.7. The number of amides is 1. The molecule has 2 fully saturated rings. The number of fused-ring (bicyclic) bond motifs is 1. The first kappa shape index (κ1) is 42.7. The second-order valence-corrected chi connectivity index (χ2v) is 19.0. The molecule has 0 saturated carbocycles. The lowest BCUT2D eigenvalue weighted by molar-refractivity contribution is -0.990. The summed E-state index contributed by atoms with van der Waals surface area (Å²) in [7, 11) is -4.52. The Labute approximate surface area is 361 Å². The van der Waals surface area contributed by atoms with Crippen LogP contribution in [0, 0.1) is 16.5 Å². The Morgan fingerprint density at radius 2 is 1.80 bits per heavy atom. The number of rotatable bonds is 13. The number of carbonyl (C=O) groups is 1. The molecule has 2 aliphatic heterocycles. The summed E-state index contributed by atoms with van der Waals surface area (Å²) in [6, 6.07) is 22.4. The lowest BCUT2D eigenvalue weighted by Gasteiger charge is -2.39. The number of ether oxygens (including phenoxy) is 2. The number of hydrogen-bond donors (Lipinski definition) is 5. The Morgan fingerprint density at radius 3 is 2.56 bits per heavy atom. The number of pyridine rings is 1. The van der Waals surface area contributed by atoms with E-state index in [0.717, 1.165) is 87.0 Å². The van der Waals surface area contributed by atoms with Crippen LogP contribution in [-0.4, -0.2) is 86.9 Å². The van der Waals surface area contributed by atoms with Crippen molar-refractivity contribution in [2.75, 3.05) is 62.7 Å². The van der Waals surface area contributed by atoms with Gasteiger partial charge in [0.15, 0.2) is 5.69 Å². The highest BCUT2D eigenvalue weighted by atomic mass is 35.5. The molecule has 16 heteroatoms. The molecule has 2 saturated heterocycles. The number of halogens is 1. The number of sulfonamides is 1. The average molecular weight is 870 g/mol. The number of aromatic amines is 1. The van der Waals surface area contributed by atoms with Gasteiger partial charge in [0, 0.05) is 93.0 Å². The smallest absolute Gasteiger partial charge is 0.268 e. The van der Waals surface area contributed by atoms with Gasteiger partial charge in [-0.15, -0.1) is 0 Å². The summed E-state index contributed by atoms with van der Waals surface area (Å²) in [5, 5.41) is 25.7. The molecule has 1 amide bonds. The molecule has 0 bridgehead atoms. The van der Waals surface area contributed by atoms with Crippen LogP contribution in [0.1, 0.15) is 61.9 Å². The zero-order valence-electron chi connectivity index (χ0n) is 34.4. The van der Waals surface area contributed by atoms with Gasteiger partial charge in [-0.1, -0.05) is 43.2 Å². The summed E-state index contributed by atoms with van der Waals surface area (Å²) in [6.07, 6.45) is 6.66. The van der Waals surface area contributed by atoms with E-state index in [2.05, 4.69) is 55.8 Å². The van der Waals surface area contributed by atoms with Crippen LogP contribution < -0.4 is 24.9 Å². The molecule has 322 valence electrons. The zero-order valence-corrected chi connectivity index (χ0v) is 35.9. The van der Waals surface area contributed by atoms with Crippen molar-refractivity contribution in [3.63, 3.8) is 0 Å². The fourth-order valence-electron chi connectivity index (χ4n) is 8.42. The SMILES string of the molecule is CC1(C)CCC(CN2CCN(c3ccc(C(=O)NS(=O)(=O)c4ccc(NCC5CCOCC5)c([NH+]([O-])O)c4)c(Oc4ccc5cc[nH]c5n4)c3)CC2)=C(c2ccc(Cl)cc2)C1. The average Bonchev–Trinajstić information content (AvgIpc) is 3.72. The summed E-state index contributed by atoms with van der Waals surface area (Å²) in [6.45, 7) is 10.5. The summed E-state index contributed by atoms with van der Waals surface area (Å²) < 4.78 is 41.2. The molecule has 2 aromatic heterocycles. The molecule has 5 N–H and O–H groups in total. The van der Waals surface area contributed by atoms with Crippen molar-refractivity contribution in [1.29, 1.82) is 0 Å². The standard InChI is InChI=1S/C45H52ClN7O7S/c1-45(2)17-13-33(38(27-45)31-3-6-34(46)7-4-31)29-51-19-21-52(22-20-51)35-8-10-37(41(25-35)60-42-12-5-32-14-18-47-43(32)49-42)44(54)50-61(57,58)36-9-11-39(40(26-36)53(55)56)48-28-30-15-23-59-24-16-30/h3-12,14,18,25-26,30,48,53,55H,13,15-17,19-24,27-29H2,1-2H3,(H,47,49)(H,50,54). The van der Waals surface area contributed by atoms with Crippen LogP contribution in [0.4, 0.5) is 17.1 Å². The molecule has 61 heavy (non-hydrogen) atoms. The lowest BCUT2D eigenvalue weighted by Crippen LogP contribution is -2.99. The Bertz CT molecular complexity index is 2510. The predicted molar refractivity (Wildman–Crippen MR) is 236 cm³/mol. The number of carbonyl (C=O) groups excluding carboxylic acids is 1. The number of quaternary nitrogens is 1. The van der Waals surface area contributed by atoms with Gasteiger partial charge in [0.05, 0.1) is 16.1 Å². The van der Waals surface area contributed by atoms with E-state index in [0.29, 0.717) is 37.0 Å². The van der Waals surface area contributed by atoms with E-state index in [4.69, 9.17) is 21.1 Å². The number of hydrogen-bond acceptors (Lipinski definition) is 11. The highest BCUT2D eigenvalue weighted by molar-refractivity contribution is 7.90. The number of benzene rings is 3. The van der Waals surface area contributed by atoms with Crippen molar-refractivity contribution in [2.24, 2.45) is 11.3 Å². The van der Waals surface area contributed by atoms with Gasteiger partial charge in [0.25, 0.3) is 15.9 Å². The van der Waals surface area contributed by atoms with Crippen LogP contribution in [0.3, 0.4) is 0 Å². The van der Waals surface area contributed by atoms with Gasteiger partial charge in [-0.2, -0.15) is 10.2 Å². The number of allylic oxidation sites excluding steroid dienone is 1. The first-order valence-electron chi connectivity index (χ1n) is 20.8. The third-order valence-electron chi connectivity index (χ3n) is 12.0. The number of nitrogens with zero attached hydrogens (tertiary/aromatic N) is 3. The predicted octanol–water partition coefficient (Wildman–Crippen LogP) is 7.16. The van der Waals surface area contributed by atoms with Crippen molar-refractivity contribution in [1.82, 2.24) is 19.6 Å². The third-order valence-corrected chi connectivity index (χ3v) is 13.6. The Hall–Kier alpha value is -5.00. The van der Waals surface area contributed by atoms with E-state index in [9.17, 15) is 23.6 Å². The van der Waals surface area contributed by atoms with E-state index < -0.39 is 21.2 Å². The van der Waals surface area contributed by atoms with Gasteiger partial charge in [-0.05, 0) is 103 Å². The normalized spacial score (nSPS) is 18.3. The van der Waals surface area contributed by atoms with Gasteiger partial charge >= 0.3 is 0 Å². The van der Waals surface area contributed by atoms with E-state index in [1.807, 2.05) is 24.3 Å². The molecule has 1 unspecified atom stereocenters. The molecule has 5 aromatic rings. The highest BCUT2D eigenvalue weighted by Gasteiger charge is 2.30. The molecule has 0 radical (unpaired) electrons. The molecule has 4 heterocycles. The third kappa shape index (κ3) is 10.2. The molecule has 1 atom stereocenters. The van der Waals surface area contributed by atoms with Gasteiger partial charge in [0.1, 0.15) is 11.4 Å². The summed E-state index contributed by atoms with van der Waals surface area (Å²) in [4.78, 5) is 25.9. The fraction of sp³-hybridized carbons (Fsp3) is 0.378. The summed E-state index contributed by atoms with van der Waals surface area (Å²) in [5.41, 5.74) is 5.79. The number of aromatic nitrogens is 2. The van der Waals surface area contributed by atoms with Crippen molar-refractivity contribution in [3.8, 4) is 11.6 Å². The minimum Gasteiger partial charge on any atom is -0.595 e. The molecular weight excluding hydrogens is 818 g/mol. The van der Waals surface area contributed by atoms with Crippen LogP contribution >= 0.6 is 11.6 Å². The minimum atomic E-state index is -4.52. The van der Waals surface area contributed by atoms with Crippen molar-refractivity contribution in [3.05, 3.63) is 112 Å². The Morgan fingerprint density at radius 1 is 1.03 bits per heavy atom. The van der Waals surface area contributed by atoms with Gasteiger partial charge < -0.3 is 29.9 Å². The number of H-pyrrole nitrogens is 1. The monoisotopic (exact) mass is 869 g/mol. The zero-order chi connectivity index (χ0) is 42.7. The van der Waals surface area contributed by atoms with Crippen LogP contribution in [0.2, 0.25) is 5.02 Å². The molecule has 3 aromatic carbocycles. The number of anilines is 2. The van der Waals surface area contributed by atoms with Crippen molar-refractivity contribution < 1.29 is 33.1 Å². The van der Waals surface area contributed by atoms with Crippen LogP contribution in [-0.2, 0) is 14.8 Å². The molecular formula is C45H52ClN7O7S. The Balaban J connectivity index is 1.00. The maximum atomic E-state index is 13.9. The molecule has 8 rings (SSSR count). The maximum absolute atomic E-state index is 13.9. The van der Waals surface area contributed by atoms with Gasteiger partial charge in [0.2, 0.25) is 5.88 Å². The van der Waals surface area contributed by atoms with Crippen LogP contribution in [0.5, 0.6) is 11.6 Å². The second-order valence-electron chi connectivity index (χ2n) is 16.9. The molecule has 14 nitrogen and oxygen atoms in total. The van der Waals surface area contributed by atoms with Crippen molar-refractivity contribution >= 4 is 61.2 Å².